The molecular weight excluding hydrogens is 351 g/mol. The topological polar surface area (TPSA) is 32.3 Å². The highest BCUT2D eigenvalue weighted by atomic mass is 127. The summed E-state index contributed by atoms with van der Waals surface area (Å²) in [7, 11) is 2.06. The molecule has 1 aromatic rings. The summed E-state index contributed by atoms with van der Waals surface area (Å²) < 4.78 is 0.960. The van der Waals surface area contributed by atoms with Crippen molar-refractivity contribution in [3.05, 3.63) is 32.4 Å². The lowest BCUT2D eigenvalue weighted by Gasteiger charge is -2.13. The second-order valence-electron chi connectivity index (χ2n) is 4.35. The SMILES string of the molecule is CN1CCC(NC(=O)c2ccc(I)c(Cl)c2)C1. The van der Waals surface area contributed by atoms with Crippen LogP contribution < -0.4 is 5.32 Å². The van der Waals surface area contributed by atoms with Gasteiger partial charge in [0.05, 0.1) is 5.02 Å². The molecule has 2 rings (SSSR count). The highest BCUT2D eigenvalue weighted by molar-refractivity contribution is 14.1. The maximum Gasteiger partial charge on any atom is 0.251 e. The van der Waals surface area contributed by atoms with E-state index in [1.807, 2.05) is 12.1 Å². The van der Waals surface area contributed by atoms with Gasteiger partial charge in [0.25, 0.3) is 5.91 Å². The quantitative estimate of drug-likeness (QED) is 0.817. The Balaban J connectivity index is 2.02. The molecule has 3 nitrogen and oxygen atoms in total. The number of carbonyl (C=O) groups is 1. The van der Waals surface area contributed by atoms with Crippen molar-refractivity contribution < 1.29 is 4.79 Å². The maximum absolute atomic E-state index is 12.0. The summed E-state index contributed by atoms with van der Waals surface area (Å²) in [5.74, 6) is -0.0383. The summed E-state index contributed by atoms with van der Waals surface area (Å²) in [6, 6.07) is 5.64. The second-order valence-corrected chi connectivity index (χ2v) is 5.92. The number of hydrogen-bond acceptors (Lipinski definition) is 2. The maximum atomic E-state index is 12.0. The first-order valence-corrected chi connectivity index (χ1v) is 6.96. The molecule has 0 aromatic heterocycles. The third-order valence-corrected chi connectivity index (χ3v) is 4.48. The number of likely N-dealkylation sites (N-methyl/N-ethyl adjacent to an activating group) is 1. The van der Waals surface area contributed by atoms with E-state index in [0.29, 0.717) is 10.6 Å². The fraction of sp³-hybridized carbons (Fsp3) is 0.417. The van der Waals surface area contributed by atoms with Crippen LogP contribution in [0.25, 0.3) is 0 Å². The molecule has 17 heavy (non-hydrogen) atoms. The molecule has 1 fully saturated rings. The van der Waals surface area contributed by atoms with Gasteiger partial charge >= 0.3 is 0 Å². The third kappa shape index (κ3) is 3.33. The van der Waals surface area contributed by atoms with Crippen LogP contribution in [0.2, 0.25) is 5.02 Å². The van der Waals surface area contributed by atoms with Gasteiger partial charge in [-0.1, -0.05) is 11.6 Å². The van der Waals surface area contributed by atoms with Gasteiger partial charge in [0.2, 0.25) is 0 Å². The Labute approximate surface area is 120 Å². The van der Waals surface area contributed by atoms with E-state index in [1.54, 1.807) is 6.07 Å². The molecule has 0 bridgehead atoms. The Hall–Kier alpha value is -0.330. The van der Waals surface area contributed by atoms with Crippen molar-refractivity contribution in [1.82, 2.24) is 10.2 Å². The normalized spacial score (nSPS) is 20.5. The minimum Gasteiger partial charge on any atom is -0.348 e. The Morgan fingerprint density at radius 2 is 2.35 bits per heavy atom. The molecule has 0 aliphatic carbocycles. The zero-order chi connectivity index (χ0) is 12.4. The summed E-state index contributed by atoms with van der Waals surface area (Å²) in [6.45, 7) is 1.96. The van der Waals surface area contributed by atoms with Crippen LogP contribution in [0.4, 0.5) is 0 Å². The molecular formula is C12H14ClIN2O. The number of amides is 1. The Bertz CT molecular complexity index is 439. The van der Waals surface area contributed by atoms with E-state index >= 15 is 0 Å². The first kappa shape index (κ1) is 13.1. The molecule has 1 aliphatic heterocycles. The molecule has 1 atom stereocenters. The molecule has 1 N–H and O–H groups in total. The summed E-state index contributed by atoms with van der Waals surface area (Å²) in [4.78, 5) is 14.2. The summed E-state index contributed by atoms with van der Waals surface area (Å²) >= 11 is 8.15. The summed E-state index contributed by atoms with van der Waals surface area (Å²) in [5, 5.41) is 3.66. The van der Waals surface area contributed by atoms with E-state index in [-0.39, 0.29) is 11.9 Å². The van der Waals surface area contributed by atoms with Crippen LogP contribution in [0.15, 0.2) is 18.2 Å². The number of likely N-dealkylation sites (tertiary alicyclic amines) is 1. The van der Waals surface area contributed by atoms with E-state index in [4.69, 9.17) is 11.6 Å². The smallest absolute Gasteiger partial charge is 0.251 e. The van der Waals surface area contributed by atoms with Gasteiger partial charge in [0.15, 0.2) is 0 Å². The van der Waals surface area contributed by atoms with Gasteiger partial charge in [-0.3, -0.25) is 4.79 Å². The highest BCUT2D eigenvalue weighted by Gasteiger charge is 2.21. The number of hydrogen-bond donors (Lipinski definition) is 1. The van der Waals surface area contributed by atoms with Crippen molar-refractivity contribution in [2.75, 3.05) is 20.1 Å². The zero-order valence-corrected chi connectivity index (χ0v) is 12.5. The minimum absolute atomic E-state index is 0.0383. The lowest BCUT2D eigenvalue weighted by atomic mass is 10.2. The Morgan fingerprint density at radius 3 is 2.94 bits per heavy atom. The average molecular weight is 365 g/mol. The Morgan fingerprint density at radius 1 is 1.59 bits per heavy atom. The van der Waals surface area contributed by atoms with E-state index in [2.05, 4.69) is 39.9 Å². The first-order valence-electron chi connectivity index (χ1n) is 5.50. The van der Waals surface area contributed by atoms with Gasteiger partial charge in [-0.25, -0.2) is 0 Å². The second kappa shape index (κ2) is 5.54. The van der Waals surface area contributed by atoms with Crippen molar-refractivity contribution >= 4 is 40.1 Å². The predicted octanol–water partition coefficient (Wildman–Crippen LogP) is 2.38. The summed E-state index contributed by atoms with van der Waals surface area (Å²) in [6.07, 6.45) is 1.01. The number of nitrogens with one attached hydrogen (secondary N) is 1. The van der Waals surface area contributed by atoms with E-state index in [1.165, 1.54) is 0 Å². The number of rotatable bonds is 2. The Kier molecular flexibility index (Phi) is 4.27. The number of nitrogens with zero attached hydrogens (tertiary/aromatic N) is 1. The van der Waals surface area contributed by atoms with Gasteiger partial charge in [-0.2, -0.15) is 0 Å². The standard InChI is InChI=1S/C12H14ClIN2O/c1-16-5-4-9(7-16)15-12(17)8-2-3-11(14)10(13)6-8/h2-3,6,9H,4-5,7H2,1H3,(H,15,17). The van der Waals surface area contributed by atoms with Crippen molar-refractivity contribution in [3.8, 4) is 0 Å². The molecule has 1 amide bonds. The fourth-order valence-electron chi connectivity index (χ4n) is 1.96. The minimum atomic E-state index is -0.0383. The molecule has 1 unspecified atom stereocenters. The van der Waals surface area contributed by atoms with Crippen molar-refractivity contribution in [3.63, 3.8) is 0 Å². The summed E-state index contributed by atoms with van der Waals surface area (Å²) in [5.41, 5.74) is 0.630. The fourth-order valence-corrected chi connectivity index (χ4v) is 2.47. The molecule has 1 aliphatic rings. The average Bonchev–Trinajstić information content (AvgIpc) is 2.68. The van der Waals surface area contributed by atoms with Crippen LogP contribution in [0, 0.1) is 3.57 Å². The van der Waals surface area contributed by atoms with Gasteiger partial charge in [-0.15, -0.1) is 0 Å². The van der Waals surface area contributed by atoms with Gasteiger partial charge in [0.1, 0.15) is 0 Å². The van der Waals surface area contributed by atoms with Crippen molar-refractivity contribution in [2.24, 2.45) is 0 Å². The molecule has 92 valence electrons. The van der Waals surface area contributed by atoms with Crippen LogP contribution in [-0.4, -0.2) is 37.0 Å². The van der Waals surface area contributed by atoms with Crippen molar-refractivity contribution in [2.45, 2.75) is 12.5 Å². The number of carbonyl (C=O) groups excluding carboxylic acids is 1. The van der Waals surface area contributed by atoms with Crippen LogP contribution in [0.3, 0.4) is 0 Å². The third-order valence-electron chi connectivity index (χ3n) is 2.91. The highest BCUT2D eigenvalue weighted by Crippen LogP contribution is 2.19. The molecule has 5 heteroatoms. The molecule has 1 saturated heterocycles. The molecule has 1 heterocycles. The number of benzene rings is 1. The molecule has 0 radical (unpaired) electrons. The van der Waals surface area contributed by atoms with Crippen LogP contribution in [-0.2, 0) is 0 Å². The van der Waals surface area contributed by atoms with Gasteiger partial charge in [0, 0.05) is 21.7 Å². The van der Waals surface area contributed by atoms with E-state index in [9.17, 15) is 4.79 Å². The molecule has 0 spiro atoms. The van der Waals surface area contributed by atoms with Crippen LogP contribution in [0.1, 0.15) is 16.8 Å². The molecule has 0 saturated carbocycles. The predicted molar refractivity (Wildman–Crippen MR) is 77.5 cm³/mol. The monoisotopic (exact) mass is 364 g/mol. The van der Waals surface area contributed by atoms with Gasteiger partial charge < -0.3 is 10.2 Å². The first-order chi connectivity index (χ1) is 8.06. The lowest BCUT2D eigenvalue weighted by Crippen LogP contribution is -2.36. The molecule has 1 aromatic carbocycles. The van der Waals surface area contributed by atoms with Crippen LogP contribution in [0.5, 0.6) is 0 Å². The van der Waals surface area contributed by atoms with E-state index < -0.39 is 0 Å². The van der Waals surface area contributed by atoms with Crippen molar-refractivity contribution in [1.29, 1.82) is 0 Å². The van der Waals surface area contributed by atoms with Crippen LogP contribution >= 0.6 is 34.2 Å². The van der Waals surface area contributed by atoms with E-state index in [0.717, 1.165) is 23.1 Å². The number of halogens is 2. The largest absolute Gasteiger partial charge is 0.348 e. The lowest BCUT2D eigenvalue weighted by molar-refractivity contribution is 0.0938. The zero-order valence-electron chi connectivity index (χ0n) is 9.54. The van der Waals surface area contributed by atoms with Gasteiger partial charge in [-0.05, 0) is 60.8 Å².